The largest absolute Gasteiger partial charge is 0.481 e. The Balaban J connectivity index is 2.78. The zero-order valence-electron chi connectivity index (χ0n) is 11.5. The van der Waals surface area contributed by atoms with Crippen LogP contribution in [-0.4, -0.2) is 33.8 Å². The van der Waals surface area contributed by atoms with Crippen LogP contribution in [0.25, 0.3) is 0 Å². The van der Waals surface area contributed by atoms with Crippen LogP contribution in [0.4, 0.5) is 4.79 Å². The first kappa shape index (κ1) is 16.5. The molecule has 0 fully saturated rings. The molecule has 0 saturated carbocycles. The Kier molecular flexibility index (Phi) is 5.71. The minimum atomic E-state index is -1.66. The molecule has 0 aliphatic rings. The van der Waals surface area contributed by atoms with Gasteiger partial charge in [0.1, 0.15) is 11.3 Å². The van der Waals surface area contributed by atoms with Gasteiger partial charge in [0.15, 0.2) is 0 Å². The second kappa shape index (κ2) is 7.28. The first-order chi connectivity index (χ1) is 9.89. The fourth-order valence-corrected chi connectivity index (χ4v) is 1.78. The molecule has 0 aromatic heterocycles. The Morgan fingerprint density at radius 2 is 1.81 bits per heavy atom. The third kappa shape index (κ3) is 4.79. The average Bonchev–Trinajstić information content (AvgIpc) is 2.44. The number of aliphatic carboxylic acids is 2. The molecule has 0 radical (unpaired) electrons. The van der Waals surface area contributed by atoms with Crippen molar-refractivity contribution >= 4 is 18.0 Å². The summed E-state index contributed by atoms with van der Waals surface area (Å²) in [7, 11) is 0. The summed E-state index contributed by atoms with van der Waals surface area (Å²) in [6, 6.07) is 8.16. The highest BCUT2D eigenvalue weighted by molar-refractivity contribution is 5.85. The summed E-state index contributed by atoms with van der Waals surface area (Å²) in [5, 5.41) is 20.2. The van der Waals surface area contributed by atoms with Crippen LogP contribution >= 0.6 is 0 Å². The summed E-state index contributed by atoms with van der Waals surface area (Å²) in [6.07, 6.45) is -1.49. The summed E-state index contributed by atoms with van der Waals surface area (Å²) < 4.78 is 4.97. The molecule has 3 N–H and O–H groups in total. The van der Waals surface area contributed by atoms with Crippen molar-refractivity contribution in [1.29, 1.82) is 0 Å². The number of hydrogen-bond donors (Lipinski definition) is 3. The average molecular weight is 295 g/mol. The van der Waals surface area contributed by atoms with Crippen molar-refractivity contribution in [2.75, 3.05) is 0 Å². The number of benzene rings is 1. The van der Waals surface area contributed by atoms with Crippen LogP contribution in [0.2, 0.25) is 0 Å². The summed E-state index contributed by atoms with van der Waals surface area (Å²) >= 11 is 0. The molecule has 7 nitrogen and oxygen atoms in total. The van der Waals surface area contributed by atoms with Gasteiger partial charge < -0.3 is 20.3 Å². The van der Waals surface area contributed by atoms with E-state index in [1.54, 1.807) is 37.3 Å². The molecule has 0 aliphatic carbocycles. The van der Waals surface area contributed by atoms with E-state index in [-0.39, 0.29) is 25.0 Å². The van der Waals surface area contributed by atoms with Crippen LogP contribution in [0.1, 0.15) is 26.2 Å². The lowest BCUT2D eigenvalue weighted by Crippen LogP contribution is -2.55. The zero-order valence-corrected chi connectivity index (χ0v) is 11.5. The molecule has 1 aromatic rings. The lowest BCUT2D eigenvalue weighted by Gasteiger charge is -2.28. The third-order valence-corrected chi connectivity index (χ3v) is 3.07. The monoisotopic (exact) mass is 295 g/mol. The Hall–Kier alpha value is -2.57. The van der Waals surface area contributed by atoms with Crippen molar-refractivity contribution in [1.82, 2.24) is 5.32 Å². The van der Waals surface area contributed by atoms with Crippen molar-refractivity contribution in [3.63, 3.8) is 0 Å². The summed E-state index contributed by atoms with van der Waals surface area (Å²) in [6.45, 7) is 1.55. The second-order valence-electron chi connectivity index (χ2n) is 4.46. The molecule has 1 aromatic carbocycles. The highest BCUT2D eigenvalue weighted by atomic mass is 16.6. The van der Waals surface area contributed by atoms with Gasteiger partial charge in [0.2, 0.25) is 0 Å². The summed E-state index contributed by atoms with van der Waals surface area (Å²) in [5.74, 6) is -2.16. The molecule has 1 rings (SSSR count). The predicted molar refractivity (Wildman–Crippen MR) is 73.1 cm³/mol. The number of rotatable bonds is 7. The Morgan fingerprint density at radius 1 is 1.19 bits per heavy atom. The van der Waals surface area contributed by atoms with Gasteiger partial charge in [-0.2, -0.15) is 0 Å². The van der Waals surface area contributed by atoms with Crippen molar-refractivity contribution in [3.05, 3.63) is 30.3 Å². The van der Waals surface area contributed by atoms with E-state index in [9.17, 15) is 19.5 Å². The van der Waals surface area contributed by atoms with E-state index in [1.165, 1.54) is 0 Å². The van der Waals surface area contributed by atoms with Gasteiger partial charge in [0.25, 0.3) is 0 Å². The Labute approximate surface area is 121 Å². The quantitative estimate of drug-likeness (QED) is 0.707. The number of amides is 1. The van der Waals surface area contributed by atoms with E-state index in [1.807, 2.05) is 0 Å². The smallest absolute Gasteiger partial charge is 0.413 e. The zero-order chi connectivity index (χ0) is 15.9. The molecule has 0 saturated heterocycles. The molecule has 7 heteroatoms. The predicted octanol–water partition coefficient (Wildman–Crippen LogP) is 1.87. The van der Waals surface area contributed by atoms with Crippen molar-refractivity contribution in [3.8, 4) is 5.75 Å². The molecule has 0 unspecified atom stereocenters. The van der Waals surface area contributed by atoms with Gasteiger partial charge in [-0.25, -0.2) is 9.59 Å². The summed E-state index contributed by atoms with van der Waals surface area (Å²) in [4.78, 5) is 33.8. The highest BCUT2D eigenvalue weighted by Crippen LogP contribution is 2.19. The van der Waals surface area contributed by atoms with E-state index in [0.29, 0.717) is 0 Å². The summed E-state index contributed by atoms with van der Waals surface area (Å²) in [5.41, 5.74) is -1.66. The van der Waals surface area contributed by atoms with Gasteiger partial charge in [0, 0.05) is 6.42 Å². The van der Waals surface area contributed by atoms with E-state index < -0.39 is 23.6 Å². The SMILES string of the molecule is CC[C@@](CCC(=O)O)(NC(=O)Oc1ccccc1)C(=O)O. The number of carboxylic acids is 2. The lowest BCUT2D eigenvalue weighted by atomic mass is 9.90. The number of carboxylic acid groups (broad SMARTS) is 2. The van der Waals surface area contributed by atoms with Gasteiger partial charge >= 0.3 is 18.0 Å². The maximum atomic E-state index is 11.8. The fourth-order valence-electron chi connectivity index (χ4n) is 1.78. The number of para-hydroxylation sites is 1. The number of carbonyl (C=O) groups is 3. The van der Waals surface area contributed by atoms with Crippen LogP contribution < -0.4 is 10.1 Å². The van der Waals surface area contributed by atoms with Crippen LogP contribution in [0.3, 0.4) is 0 Å². The van der Waals surface area contributed by atoms with Crippen LogP contribution in [0.5, 0.6) is 5.75 Å². The fraction of sp³-hybridized carbons (Fsp3) is 0.357. The molecule has 0 bridgehead atoms. The first-order valence-corrected chi connectivity index (χ1v) is 6.40. The van der Waals surface area contributed by atoms with Gasteiger partial charge in [-0.3, -0.25) is 4.79 Å². The topological polar surface area (TPSA) is 113 Å². The van der Waals surface area contributed by atoms with Crippen molar-refractivity contribution < 1.29 is 29.3 Å². The van der Waals surface area contributed by atoms with E-state index >= 15 is 0 Å². The van der Waals surface area contributed by atoms with Crippen LogP contribution in [-0.2, 0) is 9.59 Å². The van der Waals surface area contributed by atoms with Gasteiger partial charge in [-0.05, 0) is 25.0 Å². The molecular formula is C14H17NO6. The third-order valence-electron chi connectivity index (χ3n) is 3.07. The lowest BCUT2D eigenvalue weighted by molar-refractivity contribution is -0.146. The molecule has 21 heavy (non-hydrogen) atoms. The minimum absolute atomic E-state index is 0.0412. The molecule has 114 valence electrons. The number of ether oxygens (including phenoxy) is 1. The van der Waals surface area contributed by atoms with Crippen molar-refractivity contribution in [2.24, 2.45) is 0 Å². The molecule has 1 amide bonds. The maximum absolute atomic E-state index is 11.8. The standard InChI is InChI=1S/C14H17NO6/c1-2-14(12(18)19,9-8-11(16)17)15-13(20)21-10-6-4-3-5-7-10/h3-7H,2,8-9H2,1H3,(H,15,20)(H,16,17)(H,18,19)/t14-/m0/s1. The molecular weight excluding hydrogens is 278 g/mol. The van der Waals surface area contributed by atoms with E-state index in [2.05, 4.69) is 5.32 Å². The Morgan fingerprint density at radius 3 is 2.29 bits per heavy atom. The van der Waals surface area contributed by atoms with Crippen LogP contribution in [0, 0.1) is 0 Å². The van der Waals surface area contributed by atoms with Crippen LogP contribution in [0.15, 0.2) is 30.3 Å². The van der Waals surface area contributed by atoms with Gasteiger partial charge in [-0.15, -0.1) is 0 Å². The van der Waals surface area contributed by atoms with Crippen molar-refractivity contribution in [2.45, 2.75) is 31.7 Å². The van der Waals surface area contributed by atoms with E-state index in [0.717, 1.165) is 0 Å². The number of nitrogens with one attached hydrogen (secondary N) is 1. The second-order valence-corrected chi connectivity index (χ2v) is 4.46. The molecule has 0 aliphatic heterocycles. The minimum Gasteiger partial charge on any atom is -0.481 e. The van der Waals surface area contributed by atoms with E-state index in [4.69, 9.17) is 9.84 Å². The molecule has 0 spiro atoms. The van der Waals surface area contributed by atoms with Gasteiger partial charge in [0.05, 0.1) is 0 Å². The number of hydrogen-bond acceptors (Lipinski definition) is 4. The highest BCUT2D eigenvalue weighted by Gasteiger charge is 2.39. The molecule has 0 heterocycles. The Bertz CT molecular complexity index is 515. The van der Waals surface area contributed by atoms with Gasteiger partial charge in [-0.1, -0.05) is 25.1 Å². The maximum Gasteiger partial charge on any atom is 0.413 e. The number of carbonyl (C=O) groups excluding carboxylic acids is 1. The first-order valence-electron chi connectivity index (χ1n) is 6.40. The molecule has 1 atom stereocenters. The normalized spacial score (nSPS) is 13.0.